The zero-order valence-electron chi connectivity index (χ0n) is 73.9. The molecule has 2 aromatic carbocycles. The maximum atomic E-state index is 11.9. The van der Waals surface area contributed by atoms with Gasteiger partial charge in [-0.3, -0.25) is 21.6 Å². The molecule has 0 unspecified atom stereocenters. The summed E-state index contributed by atoms with van der Waals surface area (Å²) in [6.45, 7) is 7.57. The number of nitrogens with zero attached hydrogens (tertiary/aromatic N) is 16. The summed E-state index contributed by atoms with van der Waals surface area (Å²) in [7, 11) is 0. The van der Waals surface area contributed by atoms with Gasteiger partial charge in [0.15, 0.2) is 47.7 Å². The number of carboxylic acid groups (broad SMARTS) is 1. The molecule has 0 aliphatic heterocycles. The number of unbranched alkanes of at least 4 members (excludes halogenated alkanes) is 2. The van der Waals surface area contributed by atoms with Crippen molar-refractivity contribution in [3.8, 4) is 0 Å². The second-order valence-electron chi connectivity index (χ2n) is 30.7. The van der Waals surface area contributed by atoms with Crippen LogP contribution >= 0.6 is 0 Å². The molecule has 37 N–H and O–H groups in total. The van der Waals surface area contributed by atoms with E-state index in [1.165, 1.54) is 20.8 Å². The molecule has 0 amide bonds. The number of aliphatic hydroxyl groups is 20. The van der Waals surface area contributed by atoms with Gasteiger partial charge in [-0.25, -0.2) is 84.7 Å². The van der Waals surface area contributed by atoms with Crippen LogP contribution in [-0.2, 0) is 17.6 Å². The van der Waals surface area contributed by atoms with Crippen molar-refractivity contribution in [2.75, 3.05) is 52.4 Å². The van der Waals surface area contributed by atoms with E-state index in [0.29, 0.717) is 18.4 Å². The minimum atomic E-state index is -1.82. The highest BCUT2D eigenvalue weighted by atomic mass is 16.4. The SMILES string of the molecule is CC(C)C[C@H](N=C(O)[C@H](CCCCN)N=C(O)[C@H](CCCNC(=N)N)N=C(O)[C@H](C)N=C(O)[C@H](CO)N=C(O)[C@H](CCCCN)N=C(O)[C@H](CCCNC(=N)N)N=C(O)[C@H](C)N=C(O)CN=C(O)[C@@H](N=C(O)[C@H](Cc1ccccc1)N=C(O)CN=C(O)CN=C(O)[C@@H](N)Cc1ccccc1)[C@@H](C)O)C(O)=N[C@H](C(O)=N[C@@H](CC(=N)O)C(O)=N[C@@H](CCC(=N)O)C(=O)O)C(C)C. The summed E-state index contributed by atoms with van der Waals surface area (Å²) in [6.07, 6.45) is -2.36. The van der Waals surface area contributed by atoms with Gasteiger partial charge in [-0.1, -0.05) is 88.4 Å². The Morgan fingerprint density at radius 3 is 1.21 bits per heavy atom. The predicted molar refractivity (Wildman–Crippen MR) is 504 cm³/mol. The Labute approximate surface area is 751 Å². The molecule has 130 heavy (non-hydrogen) atoms. The number of nitrogens with two attached hydrogens (primary N) is 5. The standard InChI is InChI=1S/C81H133N27O22/c1-42(2)34-55(74(124)107-64(43(3)4)78(128)105-57(37-60(86)112)73(123)103-54(79(129)130)28-29-59(85)111)104-71(121)50(24-14-16-30-82)101-70(120)53(27-19-33-92-81(89)90)100-67(117)45(6)97-76(126)58(41-109)106-72(122)51(25-15-17-31-83)102-69(119)52(26-18-32-91-80(87)88)99-66(116)44(5)96-62(114)40-95-77(127)65(46(7)110)108-75(125)56(36-48-22-12-9-13-23-48)98-63(115)39-93-61(113)38-94-68(118)49(84)35-47-20-10-8-11-21-47/h8-13,20-23,42-46,49-58,64-65,109-110H,14-19,24-41,82-84H2,1-7H3,(H2,85,111)(H2,86,112)(H,93,113)(H,94,118)(H,95,127)(H,96,114)(H,97,126)(H,98,115)(H,99,116)(H,100,117)(H,101,120)(H,102,119)(H,103,123)(H,104,121)(H,105,128)(H,106,122)(H,107,124)(H,108,125)(H,129,130)(H4,87,88,91)(H4,89,90,92)/t44-,45-,46+,49-,50-,51-,52-,53-,54-,55-,56-,57-,58-,64-,65-/m0/s1. The number of aliphatic imine (C=N–C) groups is 16. The lowest BCUT2D eigenvalue weighted by atomic mass is 10.0. The summed E-state index contributed by atoms with van der Waals surface area (Å²) >= 11 is 0. The fourth-order valence-corrected chi connectivity index (χ4v) is 11.7. The van der Waals surface area contributed by atoms with Gasteiger partial charge >= 0.3 is 5.97 Å². The van der Waals surface area contributed by atoms with Crippen molar-refractivity contribution < 1.29 is 112 Å². The lowest BCUT2D eigenvalue weighted by molar-refractivity contribution is -0.138. The molecule has 2 aromatic rings. The first-order valence-corrected chi connectivity index (χ1v) is 41.9. The summed E-state index contributed by atoms with van der Waals surface area (Å²) in [6, 6.07) is -3.70. The van der Waals surface area contributed by atoms with E-state index in [9.17, 15) is 112 Å². The molecule has 0 heterocycles. The van der Waals surface area contributed by atoms with E-state index < -0.39 is 266 Å². The van der Waals surface area contributed by atoms with Crippen molar-refractivity contribution in [2.24, 2.45) is 120 Å². The van der Waals surface area contributed by atoms with Gasteiger partial charge in [0, 0.05) is 25.9 Å². The van der Waals surface area contributed by atoms with Crippen LogP contribution < -0.4 is 39.3 Å². The molecule has 15 atom stereocenters. The Morgan fingerprint density at radius 2 is 0.762 bits per heavy atom. The molecule has 0 fully saturated rings. The Hall–Kier alpha value is -13.3. The summed E-state index contributed by atoms with van der Waals surface area (Å²) in [5, 5.41) is 267. The molecule has 49 nitrogen and oxygen atoms in total. The number of guanidine groups is 2. The quantitative estimate of drug-likeness (QED) is 0.0232. The smallest absolute Gasteiger partial charge is 0.328 e. The topological polar surface area (TPSA) is 889 Å². The van der Waals surface area contributed by atoms with E-state index >= 15 is 0 Å². The number of hydrogen-bond acceptors (Lipinski definition) is 26. The number of nitrogens with one attached hydrogen (secondary N) is 6. The van der Waals surface area contributed by atoms with Gasteiger partial charge in [-0.05, 0) is 140 Å². The van der Waals surface area contributed by atoms with Gasteiger partial charge in [0.25, 0.3) is 0 Å². The van der Waals surface area contributed by atoms with Gasteiger partial charge in [0.1, 0.15) is 80.1 Å². The number of aliphatic carboxylic acids is 1. The number of carbonyl (C=O) groups is 1. The monoisotopic (exact) mass is 1840 g/mol. The van der Waals surface area contributed by atoms with Crippen LogP contribution in [0.2, 0.25) is 0 Å². The number of hydrogen-bond donors (Lipinski definition) is 32. The van der Waals surface area contributed by atoms with Crippen LogP contribution in [0.3, 0.4) is 0 Å². The minimum Gasteiger partial charge on any atom is -0.497 e. The molecule has 0 spiro atoms. The zero-order valence-corrected chi connectivity index (χ0v) is 73.9. The van der Waals surface area contributed by atoms with E-state index in [1.807, 2.05) is 18.2 Å². The Bertz CT molecular complexity index is 4400. The Morgan fingerprint density at radius 1 is 0.377 bits per heavy atom. The van der Waals surface area contributed by atoms with Gasteiger partial charge in [-0.2, -0.15) is 0 Å². The summed E-state index contributed by atoms with van der Waals surface area (Å²) in [4.78, 5) is 77.3. The van der Waals surface area contributed by atoms with Crippen LogP contribution in [0.5, 0.6) is 0 Å². The molecule has 0 aliphatic rings. The van der Waals surface area contributed by atoms with Crippen LogP contribution in [0.25, 0.3) is 0 Å². The van der Waals surface area contributed by atoms with Crippen molar-refractivity contribution in [1.29, 1.82) is 21.6 Å². The summed E-state index contributed by atoms with van der Waals surface area (Å²) in [5.41, 5.74) is 30.1. The summed E-state index contributed by atoms with van der Waals surface area (Å²) < 4.78 is 0. The molecular formula is C81H133N27O22. The molecule has 0 aliphatic carbocycles. The van der Waals surface area contributed by atoms with Gasteiger partial charge in [0.2, 0.25) is 88.5 Å². The van der Waals surface area contributed by atoms with E-state index in [-0.39, 0.29) is 103 Å². The largest absolute Gasteiger partial charge is 0.497 e. The van der Waals surface area contributed by atoms with E-state index in [0.717, 1.165) is 5.56 Å². The number of rotatable bonds is 63. The van der Waals surface area contributed by atoms with Crippen molar-refractivity contribution >= 4 is 124 Å². The highest BCUT2D eigenvalue weighted by Gasteiger charge is 2.33. The first-order valence-electron chi connectivity index (χ1n) is 41.9. The van der Waals surface area contributed by atoms with Crippen molar-refractivity contribution in [2.45, 2.75) is 242 Å². The number of benzene rings is 2. The van der Waals surface area contributed by atoms with Crippen LogP contribution in [0.4, 0.5) is 0 Å². The Kier molecular flexibility index (Phi) is 52.4. The van der Waals surface area contributed by atoms with E-state index in [2.05, 4.69) is 90.5 Å². The molecular weight excluding hydrogens is 1700 g/mol. The van der Waals surface area contributed by atoms with Crippen molar-refractivity contribution in [1.82, 2.24) is 10.6 Å². The maximum Gasteiger partial charge on any atom is 0.328 e. The zero-order chi connectivity index (χ0) is 97.9. The van der Waals surface area contributed by atoms with E-state index in [4.69, 9.17) is 50.3 Å². The third-order valence-corrected chi connectivity index (χ3v) is 18.6. The highest BCUT2D eigenvalue weighted by Crippen LogP contribution is 2.21. The second kappa shape index (κ2) is 60.4. The summed E-state index contributed by atoms with van der Waals surface area (Å²) in [5.74, 6) is -18.6. The molecule has 0 bridgehead atoms. The molecule has 0 saturated heterocycles. The van der Waals surface area contributed by atoms with Crippen LogP contribution in [0.1, 0.15) is 149 Å². The van der Waals surface area contributed by atoms with Crippen LogP contribution in [0.15, 0.2) is 141 Å². The fraction of sp³-hybridized carbons (Fsp3) is 0.593. The van der Waals surface area contributed by atoms with Gasteiger partial charge in [0.05, 0.1) is 25.2 Å². The first-order chi connectivity index (χ1) is 61.3. The van der Waals surface area contributed by atoms with Gasteiger partial charge in [-0.15, -0.1) is 0 Å². The third-order valence-electron chi connectivity index (χ3n) is 18.6. The first kappa shape index (κ1) is 113. The molecule has 0 aromatic heterocycles. The molecule has 0 radical (unpaired) electrons. The molecule has 724 valence electrons. The average Bonchev–Trinajstić information content (AvgIpc) is 0.857. The highest BCUT2D eigenvalue weighted by molar-refractivity contribution is 5.97. The predicted octanol–water partition coefficient (Wildman–Crippen LogP) is 5.12. The lowest BCUT2D eigenvalue weighted by Crippen LogP contribution is -2.34. The second-order valence-corrected chi connectivity index (χ2v) is 30.7. The van der Waals surface area contributed by atoms with E-state index in [1.54, 1.807) is 70.2 Å². The van der Waals surface area contributed by atoms with Crippen LogP contribution in [0, 0.1) is 33.5 Å². The molecule has 49 heteroatoms. The van der Waals surface area contributed by atoms with Crippen molar-refractivity contribution in [3.05, 3.63) is 71.8 Å². The average molecular weight is 1840 g/mol. The minimum absolute atomic E-state index is 0.0193. The fourth-order valence-electron chi connectivity index (χ4n) is 11.7. The Balaban J connectivity index is 2.71. The molecule has 0 saturated carbocycles. The third kappa shape index (κ3) is 45.4. The normalized spacial score (nSPS) is 17.6. The maximum absolute atomic E-state index is 11.9. The number of aliphatic hydroxyl groups excluding tert-OH is 20. The number of carboxylic acids is 1. The van der Waals surface area contributed by atoms with Crippen LogP contribution in [-0.4, -0.2) is 374 Å². The van der Waals surface area contributed by atoms with Gasteiger partial charge < -0.3 is 147 Å². The van der Waals surface area contributed by atoms with Crippen molar-refractivity contribution in [3.63, 3.8) is 0 Å². The lowest BCUT2D eigenvalue weighted by Gasteiger charge is -2.21. The molecule has 2 rings (SSSR count).